The van der Waals surface area contributed by atoms with Gasteiger partial charge in [-0.05, 0) is 47.8 Å². The largest absolute Gasteiger partial charge is 0.497 e. The predicted molar refractivity (Wildman–Crippen MR) is 107 cm³/mol. The molecule has 29 heavy (non-hydrogen) atoms. The Labute approximate surface area is 169 Å². The van der Waals surface area contributed by atoms with Crippen LogP contribution in [-0.4, -0.2) is 24.1 Å². The van der Waals surface area contributed by atoms with Crippen molar-refractivity contribution < 1.29 is 23.3 Å². The standard InChI is InChI=1S/C20H15N3O5S/c1-26-14-6-4-13(5-7-14)21-19(25)16-17(12-8-10-29-11-12)23-28-20(16)22-18(24)15-3-2-9-27-15/h2-11H,1H3,(H,21,25)(H,22,24). The van der Waals surface area contributed by atoms with Gasteiger partial charge in [-0.25, -0.2) is 0 Å². The van der Waals surface area contributed by atoms with Crippen LogP contribution in [0.1, 0.15) is 20.9 Å². The molecule has 9 heteroatoms. The van der Waals surface area contributed by atoms with Crippen LogP contribution in [0, 0.1) is 0 Å². The Balaban J connectivity index is 1.65. The van der Waals surface area contributed by atoms with Crippen LogP contribution in [0.3, 0.4) is 0 Å². The number of ether oxygens (including phenoxy) is 1. The summed E-state index contributed by atoms with van der Waals surface area (Å²) in [5.41, 5.74) is 1.69. The number of benzene rings is 1. The third kappa shape index (κ3) is 3.90. The number of carbonyl (C=O) groups excluding carboxylic acids is 2. The van der Waals surface area contributed by atoms with E-state index in [1.165, 1.54) is 23.7 Å². The average Bonchev–Trinajstić information content (AvgIpc) is 3.49. The fraction of sp³-hybridized carbons (Fsp3) is 0.0500. The van der Waals surface area contributed by atoms with Crippen LogP contribution in [-0.2, 0) is 0 Å². The minimum absolute atomic E-state index is 0.0707. The van der Waals surface area contributed by atoms with Gasteiger partial charge < -0.3 is 19.0 Å². The molecule has 0 saturated carbocycles. The first-order chi connectivity index (χ1) is 14.2. The number of aromatic nitrogens is 1. The molecule has 4 rings (SSSR count). The molecular weight excluding hydrogens is 394 g/mol. The quantitative estimate of drug-likeness (QED) is 0.485. The highest BCUT2D eigenvalue weighted by Crippen LogP contribution is 2.31. The number of nitrogens with one attached hydrogen (secondary N) is 2. The predicted octanol–water partition coefficient (Wildman–Crippen LogP) is 4.51. The van der Waals surface area contributed by atoms with E-state index in [0.29, 0.717) is 22.7 Å². The molecule has 8 nitrogen and oxygen atoms in total. The monoisotopic (exact) mass is 409 g/mol. The van der Waals surface area contributed by atoms with E-state index >= 15 is 0 Å². The van der Waals surface area contributed by atoms with Gasteiger partial charge in [-0.1, -0.05) is 5.16 Å². The fourth-order valence-corrected chi connectivity index (χ4v) is 3.26. The van der Waals surface area contributed by atoms with E-state index in [0.717, 1.165) is 0 Å². The van der Waals surface area contributed by atoms with Crippen LogP contribution in [0.2, 0.25) is 0 Å². The Kier molecular flexibility index (Phi) is 5.12. The molecule has 0 radical (unpaired) electrons. The number of rotatable bonds is 6. The molecule has 0 atom stereocenters. The van der Waals surface area contributed by atoms with Crippen LogP contribution in [0.15, 0.2) is 68.4 Å². The lowest BCUT2D eigenvalue weighted by molar-refractivity contribution is 0.0993. The van der Waals surface area contributed by atoms with Crippen LogP contribution < -0.4 is 15.4 Å². The van der Waals surface area contributed by atoms with Gasteiger partial charge in [0.2, 0.25) is 5.88 Å². The van der Waals surface area contributed by atoms with Gasteiger partial charge in [0.25, 0.3) is 11.8 Å². The number of carbonyl (C=O) groups is 2. The van der Waals surface area contributed by atoms with E-state index in [4.69, 9.17) is 13.7 Å². The van der Waals surface area contributed by atoms with Gasteiger partial charge in [-0.2, -0.15) is 11.3 Å². The van der Waals surface area contributed by atoms with Crippen molar-refractivity contribution in [2.24, 2.45) is 0 Å². The zero-order chi connectivity index (χ0) is 20.2. The first-order valence-corrected chi connectivity index (χ1v) is 9.42. The fourth-order valence-electron chi connectivity index (χ4n) is 2.62. The molecular formula is C20H15N3O5S. The first kappa shape index (κ1) is 18.5. The van der Waals surface area contributed by atoms with Crippen molar-refractivity contribution in [2.45, 2.75) is 0 Å². The molecule has 0 fully saturated rings. The Hall–Kier alpha value is -3.85. The highest BCUT2D eigenvalue weighted by Gasteiger charge is 2.26. The van der Waals surface area contributed by atoms with Crippen LogP contribution >= 0.6 is 11.3 Å². The summed E-state index contributed by atoms with van der Waals surface area (Å²) in [6.07, 6.45) is 1.38. The van der Waals surface area contributed by atoms with Crippen molar-refractivity contribution in [1.82, 2.24) is 5.16 Å². The summed E-state index contributed by atoms with van der Waals surface area (Å²) in [6, 6.07) is 11.8. The number of amides is 2. The zero-order valence-corrected chi connectivity index (χ0v) is 16.0. The Bertz CT molecular complexity index is 1120. The van der Waals surface area contributed by atoms with Gasteiger partial charge in [0.05, 0.1) is 13.4 Å². The average molecular weight is 409 g/mol. The maximum absolute atomic E-state index is 13.0. The lowest BCUT2D eigenvalue weighted by Gasteiger charge is -2.07. The van der Waals surface area contributed by atoms with Crippen LogP contribution in [0.25, 0.3) is 11.3 Å². The van der Waals surface area contributed by atoms with Gasteiger partial charge in [0.1, 0.15) is 17.0 Å². The second kappa shape index (κ2) is 8.03. The highest BCUT2D eigenvalue weighted by atomic mass is 32.1. The van der Waals surface area contributed by atoms with Crippen molar-refractivity contribution in [3.05, 3.63) is 70.8 Å². The molecule has 1 aromatic carbocycles. The van der Waals surface area contributed by atoms with E-state index in [-0.39, 0.29) is 17.2 Å². The SMILES string of the molecule is COc1ccc(NC(=O)c2c(-c3ccsc3)noc2NC(=O)c2ccco2)cc1. The summed E-state index contributed by atoms with van der Waals surface area (Å²) in [6.45, 7) is 0. The van der Waals surface area contributed by atoms with Crippen molar-refractivity contribution in [2.75, 3.05) is 17.7 Å². The van der Waals surface area contributed by atoms with Crippen molar-refractivity contribution in [1.29, 1.82) is 0 Å². The third-order valence-corrected chi connectivity index (χ3v) is 4.72. The van der Waals surface area contributed by atoms with Gasteiger partial charge in [-0.15, -0.1) is 0 Å². The van der Waals surface area contributed by atoms with Gasteiger partial charge in [0, 0.05) is 16.6 Å². The van der Waals surface area contributed by atoms with Gasteiger partial charge in [0.15, 0.2) is 5.76 Å². The number of thiophene rings is 1. The lowest BCUT2D eigenvalue weighted by atomic mass is 10.1. The summed E-state index contributed by atoms with van der Waals surface area (Å²) in [5.74, 6) is -0.356. The summed E-state index contributed by atoms with van der Waals surface area (Å²) in [5, 5.41) is 13.0. The Morgan fingerprint density at radius 3 is 2.55 bits per heavy atom. The minimum atomic E-state index is -0.554. The highest BCUT2D eigenvalue weighted by molar-refractivity contribution is 7.08. The first-order valence-electron chi connectivity index (χ1n) is 8.48. The number of nitrogens with zero attached hydrogens (tertiary/aromatic N) is 1. The molecule has 0 saturated heterocycles. The molecule has 0 unspecified atom stereocenters. The van der Waals surface area contributed by atoms with Crippen LogP contribution in [0.4, 0.5) is 11.6 Å². The van der Waals surface area contributed by atoms with Crippen molar-refractivity contribution in [3.8, 4) is 17.0 Å². The normalized spacial score (nSPS) is 10.5. The van der Waals surface area contributed by atoms with E-state index in [2.05, 4.69) is 15.8 Å². The van der Waals surface area contributed by atoms with E-state index < -0.39 is 11.8 Å². The molecule has 0 spiro atoms. The second-order valence-corrected chi connectivity index (χ2v) is 6.64. The van der Waals surface area contributed by atoms with Crippen molar-refractivity contribution >= 4 is 34.7 Å². The molecule has 0 bridgehead atoms. The molecule has 0 aliphatic heterocycles. The van der Waals surface area contributed by atoms with Crippen molar-refractivity contribution in [3.63, 3.8) is 0 Å². The zero-order valence-electron chi connectivity index (χ0n) is 15.2. The molecule has 146 valence electrons. The van der Waals surface area contributed by atoms with E-state index in [1.807, 2.05) is 16.8 Å². The summed E-state index contributed by atoms with van der Waals surface area (Å²) in [7, 11) is 1.56. The van der Waals surface area contributed by atoms with E-state index in [1.54, 1.807) is 37.4 Å². The summed E-state index contributed by atoms with van der Waals surface area (Å²) >= 11 is 1.45. The number of hydrogen-bond acceptors (Lipinski definition) is 7. The smallest absolute Gasteiger partial charge is 0.293 e. The minimum Gasteiger partial charge on any atom is -0.497 e. The maximum atomic E-state index is 13.0. The molecule has 4 aromatic rings. The number of hydrogen-bond donors (Lipinski definition) is 2. The summed E-state index contributed by atoms with van der Waals surface area (Å²) in [4.78, 5) is 25.4. The molecule has 0 aliphatic rings. The van der Waals surface area contributed by atoms with E-state index in [9.17, 15) is 9.59 Å². The number of furan rings is 1. The molecule has 3 heterocycles. The molecule has 3 aromatic heterocycles. The molecule has 2 amide bonds. The summed E-state index contributed by atoms with van der Waals surface area (Å²) < 4.78 is 15.5. The van der Waals surface area contributed by atoms with Gasteiger partial charge in [-0.3, -0.25) is 14.9 Å². The topological polar surface area (TPSA) is 107 Å². The maximum Gasteiger partial charge on any atom is 0.293 e. The number of anilines is 2. The second-order valence-electron chi connectivity index (χ2n) is 5.86. The molecule has 2 N–H and O–H groups in total. The van der Waals surface area contributed by atoms with Gasteiger partial charge >= 0.3 is 0 Å². The van der Waals surface area contributed by atoms with Crippen LogP contribution in [0.5, 0.6) is 5.75 Å². The Morgan fingerprint density at radius 1 is 1.07 bits per heavy atom. The molecule has 0 aliphatic carbocycles. The Morgan fingerprint density at radius 2 is 1.90 bits per heavy atom. The third-order valence-electron chi connectivity index (χ3n) is 4.03. The number of methoxy groups -OCH3 is 1. The lowest BCUT2D eigenvalue weighted by Crippen LogP contribution is -2.17.